The Morgan fingerprint density at radius 1 is 1.32 bits per heavy atom. The van der Waals surface area contributed by atoms with Crippen LogP contribution in [0.1, 0.15) is 40.0 Å². The summed E-state index contributed by atoms with van der Waals surface area (Å²) >= 11 is 1.16. The second-order valence-electron chi connectivity index (χ2n) is 7.83. The van der Waals surface area contributed by atoms with Gasteiger partial charge in [-0.15, -0.1) is 5.10 Å². The molecular formula is C20H23FN4O2S. The van der Waals surface area contributed by atoms with Crippen LogP contribution in [0, 0.1) is 11.2 Å². The van der Waals surface area contributed by atoms with Crippen molar-refractivity contribution in [1.29, 1.82) is 0 Å². The lowest BCUT2D eigenvalue weighted by molar-refractivity contribution is -0.122. The van der Waals surface area contributed by atoms with Crippen LogP contribution in [0.25, 0.3) is 0 Å². The topological polar surface area (TPSA) is 82.9 Å². The summed E-state index contributed by atoms with van der Waals surface area (Å²) in [6, 6.07) is 5.90. The van der Waals surface area contributed by atoms with E-state index in [9.17, 15) is 14.0 Å². The predicted molar refractivity (Wildman–Crippen MR) is 111 cm³/mol. The molecule has 1 aromatic rings. The highest BCUT2D eigenvalue weighted by atomic mass is 32.2. The molecule has 0 radical (unpaired) electrons. The van der Waals surface area contributed by atoms with E-state index in [-0.39, 0.29) is 23.4 Å². The number of hydrogen-bond acceptors (Lipinski definition) is 5. The third-order valence-corrected chi connectivity index (χ3v) is 5.47. The van der Waals surface area contributed by atoms with E-state index in [1.165, 1.54) is 17.7 Å². The van der Waals surface area contributed by atoms with Gasteiger partial charge in [-0.25, -0.2) is 4.39 Å². The standard InChI is InChI=1S/C20H23FN4O2S/c1-12-8-13(11-20(2,3)10-12)24-25-19-23-18(27)16(28-19)9-17(26)22-15-7-5-4-6-14(15)21/h4-8,16H,9-11H2,1-3H3,(H,22,26)(H,23,25,27)/b24-13-/t16-/m0/s1. The van der Waals surface area contributed by atoms with Gasteiger partial charge in [-0.2, -0.15) is 5.10 Å². The van der Waals surface area contributed by atoms with Crippen LogP contribution in [0.15, 0.2) is 46.1 Å². The van der Waals surface area contributed by atoms with Crippen molar-refractivity contribution in [1.82, 2.24) is 5.32 Å². The Hall–Kier alpha value is -2.48. The van der Waals surface area contributed by atoms with Crippen LogP contribution in [0.4, 0.5) is 10.1 Å². The fourth-order valence-corrected chi connectivity index (χ4v) is 4.30. The van der Waals surface area contributed by atoms with Gasteiger partial charge in [0.05, 0.1) is 11.4 Å². The molecule has 0 saturated carbocycles. The van der Waals surface area contributed by atoms with E-state index in [0.29, 0.717) is 5.17 Å². The van der Waals surface area contributed by atoms with Gasteiger partial charge >= 0.3 is 0 Å². The van der Waals surface area contributed by atoms with Gasteiger partial charge in [-0.3, -0.25) is 9.59 Å². The minimum absolute atomic E-state index is 0.0769. The van der Waals surface area contributed by atoms with Crippen LogP contribution in [0.2, 0.25) is 0 Å². The SMILES string of the molecule is CC1=C/C(=N/N=C2\NC(=O)[C@H](CC(=O)Nc3ccccc3F)S2)CC(C)(C)C1. The second-order valence-corrected chi connectivity index (χ2v) is 9.02. The lowest BCUT2D eigenvalue weighted by Crippen LogP contribution is -2.28. The molecule has 28 heavy (non-hydrogen) atoms. The van der Waals surface area contributed by atoms with E-state index in [0.717, 1.165) is 30.3 Å². The van der Waals surface area contributed by atoms with Gasteiger partial charge in [0, 0.05) is 6.42 Å². The zero-order chi connectivity index (χ0) is 20.3. The number of hydrogen-bond donors (Lipinski definition) is 2. The third kappa shape index (κ3) is 5.28. The number of thioether (sulfide) groups is 1. The maximum absolute atomic E-state index is 13.6. The average molecular weight is 402 g/mol. The Morgan fingerprint density at radius 2 is 2.07 bits per heavy atom. The summed E-state index contributed by atoms with van der Waals surface area (Å²) in [6.45, 7) is 6.44. The Balaban J connectivity index is 1.61. The number of rotatable bonds is 4. The van der Waals surface area contributed by atoms with Crippen molar-refractivity contribution < 1.29 is 14.0 Å². The zero-order valence-corrected chi connectivity index (χ0v) is 16.9. The van der Waals surface area contributed by atoms with Gasteiger partial charge in [0.15, 0.2) is 5.17 Å². The van der Waals surface area contributed by atoms with Crippen molar-refractivity contribution in [2.45, 2.75) is 45.3 Å². The number of para-hydroxylation sites is 1. The molecule has 0 spiro atoms. The number of amides is 2. The van der Waals surface area contributed by atoms with Gasteiger partial charge in [-0.1, -0.05) is 43.3 Å². The quantitative estimate of drug-likeness (QED) is 0.750. The summed E-state index contributed by atoms with van der Waals surface area (Å²) in [5, 5.41) is 13.3. The molecule has 148 valence electrons. The minimum atomic E-state index is -0.620. The highest BCUT2D eigenvalue weighted by Crippen LogP contribution is 2.34. The predicted octanol–water partition coefficient (Wildman–Crippen LogP) is 3.86. The fraction of sp³-hybridized carbons (Fsp3) is 0.400. The fourth-order valence-electron chi connectivity index (χ4n) is 3.39. The molecule has 1 aliphatic heterocycles. The number of amidine groups is 1. The number of halogens is 1. The summed E-state index contributed by atoms with van der Waals surface area (Å²) in [7, 11) is 0. The number of benzene rings is 1. The van der Waals surface area contributed by atoms with E-state index in [1.54, 1.807) is 12.1 Å². The van der Waals surface area contributed by atoms with Crippen LogP contribution >= 0.6 is 11.8 Å². The molecule has 1 heterocycles. The molecule has 2 amide bonds. The normalized spacial score (nSPS) is 24.2. The monoisotopic (exact) mass is 402 g/mol. The summed E-state index contributed by atoms with van der Waals surface area (Å²) in [4.78, 5) is 24.3. The first-order chi connectivity index (χ1) is 13.2. The van der Waals surface area contributed by atoms with E-state index >= 15 is 0 Å². The number of nitrogens with zero attached hydrogens (tertiary/aromatic N) is 2. The Kier molecular flexibility index (Phi) is 5.98. The number of allylic oxidation sites excluding steroid dienone is 2. The summed E-state index contributed by atoms with van der Waals surface area (Å²) in [6.07, 6.45) is 3.78. The average Bonchev–Trinajstić information content (AvgIpc) is 2.93. The lowest BCUT2D eigenvalue weighted by Gasteiger charge is -2.28. The van der Waals surface area contributed by atoms with Crippen molar-refractivity contribution in [2.24, 2.45) is 15.6 Å². The largest absolute Gasteiger partial charge is 0.324 e. The highest BCUT2D eigenvalue weighted by molar-refractivity contribution is 8.15. The van der Waals surface area contributed by atoms with Gasteiger partial charge in [0.25, 0.3) is 0 Å². The maximum atomic E-state index is 13.6. The summed E-state index contributed by atoms with van der Waals surface area (Å²) in [5.74, 6) is -1.25. The molecule has 2 N–H and O–H groups in total. The first-order valence-electron chi connectivity index (χ1n) is 9.05. The molecule has 8 heteroatoms. The molecule has 1 saturated heterocycles. The first kappa shape index (κ1) is 20.3. The van der Waals surface area contributed by atoms with Gasteiger partial charge in [0.1, 0.15) is 11.1 Å². The zero-order valence-electron chi connectivity index (χ0n) is 16.1. The molecule has 1 atom stereocenters. The van der Waals surface area contributed by atoms with Crippen molar-refractivity contribution in [3.8, 4) is 0 Å². The second kappa shape index (κ2) is 8.26. The lowest BCUT2D eigenvalue weighted by atomic mass is 9.77. The molecule has 3 rings (SSSR count). The van der Waals surface area contributed by atoms with Crippen LogP contribution in [-0.4, -0.2) is 27.9 Å². The Bertz CT molecular complexity index is 892. The van der Waals surface area contributed by atoms with E-state index in [2.05, 4.69) is 41.6 Å². The van der Waals surface area contributed by atoms with Crippen molar-refractivity contribution in [3.05, 3.63) is 41.7 Å². The number of carbonyl (C=O) groups excluding carboxylic acids is 2. The van der Waals surface area contributed by atoms with Crippen LogP contribution < -0.4 is 10.6 Å². The van der Waals surface area contributed by atoms with E-state index < -0.39 is 17.0 Å². The molecule has 1 aliphatic carbocycles. The van der Waals surface area contributed by atoms with Gasteiger partial charge in [0.2, 0.25) is 11.8 Å². The van der Waals surface area contributed by atoms with Crippen LogP contribution in [-0.2, 0) is 9.59 Å². The number of carbonyl (C=O) groups is 2. The van der Waals surface area contributed by atoms with E-state index in [1.807, 2.05) is 6.08 Å². The smallest absolute Gasteiger partial charge is 0.240 e. The molecular weight excluding hydrogens is 379 g/mol. The molecule has 0 bridgehead atoms. The maximum Gasteiger partial charge on any atom is 0.240 e. The molecule has 2 aliphatic rings. The van der Waals surface area contributed by atoms with Gasteiger partial charge in [-0.05, 0) is 43.4 Å². The van der Waals surface area contributed by atoms with Crippen molar-refractivity contribution in [2.75, 3.05) is 5.32 Å². The number of anilines is 1. The third-order valence-electron chi connectivity index (χ3n) is 4.39. The minimum Gasteiger partial charge on any atom is -0.324 e. The molecule has 0 aromatic heterocycles. The first-order valence-corrected chi connectivity index (χ1v) is 9.93. The summed E-state index contributed by atoms with van der Waals surface area (Å²) < 4.78 is 13.6. The molecule has 0 unspecified atom stereocenters. The highest BCUT2D eigenvalue weighted by Gasteiger charge is 2.32. The van der Waals surface area contributed by atoms with Crippen molar-refractivity contribution in [3.63, 3.8) is 0 Å². The van der Waals surface area contributed by atoms with Crippen molar-refractivity contribution >= 4 is 40.1 Å². The van der Waals surface area contributed by atoms with Gasteiger partial charge < -0.3 is 10.6 Å². The molecule has 1 aromatic carbocycles. The van der Waals surface area contributed by atoms with E-state index in [4.69, 9.17) is 0 Å². The summed E-state index contributed by atoms with van der Waals surface area (Å²) in [5.41, 5.74) is 2.35. The molecule has 6 nitrogen and oxygen atoms in total. The number of nitrogens with one attached hydrogen (secondary N) is 2. The van der Waals surface area contributed by atoms with Crippen LogP contribution in [0.3, 0.4) is 0 Å². The molecule has 1 fully saturated rings. The Labute approximate surface area is 167 Å². The Morgan fingerprint density at radius 3 is 2.79 bits per heavy atom. The van der Waals surface area contributed by atoms with Crippen LogP contribution in [0.5, 0.6) is 0 Å².